The fraction of sp³-hybridized carbons (Fsp3) is 0.500. The van der Waals surface area contributed by atoms with Gasteiger partial charge in [-0.25, -0.2) is 9.50 Å². The summed E-state index contributed by atoms with van der Waals surface area (Å²) < 4.78 is 7.25. The highest BCUT2D eigenvalue weighted by Gasteiger charge is 2.29. The van der Waals surface area contributed by atoms with Crippen molar-refractivity contribution in [1.29, 1.82) is 0 Å². The summed E-state index contributed by atoms with van der Waals surface area (Å²) in [6.07, 6.45) is 3.39. The minimum absolute atomic E-state index is 0.0742. The molecule has 1 aliphatic rings. The standard InChI is InChI=1S/C26H35N5O2/c1-17(2)27-26(32)13-12-22-18(3)28-25-15-23(29-31(25)19(22)4)24-7-6-14-30(24)16-20-8-10-21(33-5)11-9-20/h8-11,15,17,24H,6-7,12-14,16H2,1-5H3,(H,27,32)/t24-/m1/s1. The summed E-state index contributed by atoms with van der Waals surface area (Å²) in [5.41, 5.74) is 6.39. The normalized spacial score (nSPS) is 16.6. The number of aryl methyl sites for hydroxylation is 2. The van der Waals surface area contributed by atoms with Crippen LogP contribution in [0, 0.1) is 13.8 Å². The highest BCUT2D eigenvalue weighted by molar-refractivity contribution is 5.76. The van der Waals surface area contributed by atoms with Crippen molar-refractivity contribution in [2.45, 2.75) is 72.0 Å². The van der Waals surface area contributed by atoms with Crippen LogP contribution in [0.25, 0.3) is 5.65 Å². The van der Waals surface area contributed by atoms with E-state index in [0.29, 0.717) is 12.8 Å². The number of benzene rings is 1. The molecule has 1 saturated heterocycles. The monoisotopic (exact) mass is 449 g/mol. The molecule has 3 aromatic rings. The lowest BCUT2D eigenvalue weighted by Gasteiger charge is -2.23. The number of nitrogens with zero attached hydrogens (tertiary/aromatic N) is 4. The van der Waals surface area contributed by atoms with E-state index in [1.54, 1.807) is 7.11 Å². The number of carbonyl (C=O) groups excluding carboxylic acids is 1. The third kappa shape index (κ3) is 5.19. The smallest absolute Gasteiger partial charge is 0.220 e. The molecule has 0 radical (unpaired) electrons. The molecule has 0 aliphatic carbocycles. The number of carbonyl (C=O) groups is 1. The van der Waals surface area contributed by atoms with Crippen molar-refractivity contribution in [2.75, 3.05) is 13.7 Å². The third-order valence-corrected chi connectivity index (χ3v) is 6.48. The van der Waals surface area contributed by atoms with E-state index in [1.807, 2.05) is 37.4 Å². The Morgan fingerprint density at radius 1 is 1.24 bits per heavy atom. The topological polar surface area (TPSA) is 71.8 Å². The Kier molecular flexibility index (Phi) is 6.98. The summed E-state index contributed by atoms with van der Waals surface area (Å²) in [6.45, 7) is 10.0. The van der Waals surface area contributed by atoms with Gasteiger partial charge in [0, 0.05) is 36.5 Å². The van der Waals surface area contributed by atoms with Crippen molar-refractivity contribution in [3.8, 4) is 5.75 Å². The molecule has 3 heterocycles. The number of aromatic nitrogens is 3. The number of amides is 1. The van der Waals surface area contributed by atoms with E-state index < -0.39 is 0 Å². The van der Waals surface area contributed by atoms with Crippen molar-refractivity contribution >= 4 is 11.6 Å². The van der Waals surface area contributed by atoms with E-state index in [-0.39, 0.29) is 18.0 Å². The number of hydrogen-bond donors (Lipinski definition) is 1. The van der Waals surface area contributed by atoms with Gasteiger partial charge in [-0.1, -0.05) is 12.1 Å². The largest absolute Gasteiger partial charge is 0.497 e. The van der Waals surface area contributed by atoms with Crippen LogP contribution in [0.15, 0.2) is 30.3 Å². The highest BCUT2D eigenvalue weighted by atomic mass is 16.5. The number of rotatable bonds is 8. The summed E-state index contributed by atoms with van der Waals surface area (Å²) in [5.74, 6) is 0.955. The lowest BCUT2D eigenvalue weighted by Crippen LogP contribution is -2.30. The van der Waals surface area contributed by atoms with Crippen molar-refractivity contribution in [3.05, 3.63) is 58.5 Å². The van der Waals surface area contributed by atoms with Gasteiger partial charge in [-0.2, -0.15) is 5.10 Å². The molecule has 0 unspecified atom stereocenters. The van der Waals surface area contributed by atoms with Gasteiger partial charge in [-0.3, -0.25) is 9.69 Å². The summed E-state index contributed by atoms with van der Waals surface area (Å²) in [7, 11) is 1.69. The van der Waals surface area contributed by atoms with Crippen LogP contribution in [0.5, 0.6) is 5.75 Å². The molecule has 0 spiro atoms. The van der Waals surface area contributed by atoms with Gasteiger partial charge >= 0.3 is 0 Å². The molecule has 33 heavy (non-hydrogen) atoms. The van der Waals surface area contributed by atoms with Crippen molar-refractivity contribution in [1.82, 2.24) is 24.8 Å². The summed E-state index contributed by atoms with van der Waals surface area (Å²) in [5, 5.41) is 7.95. The van der Waals surface area contributed by atoms with Gasteiger partial charge in [0.2, 0.25) is 5.91 Å². The minimum atomic E-state index is 0.0742. The molecule has 1 atom stereocenters. The maximum atomic E-state index is 12.1. The van der Waals surface area contributed by atoms with E-state index in [1.165, 1.54) is 5.56 Å². The Morgan fingerprint density at radius 3 is 2.70 bits per heavy atom. The van der Waals surface area contributed by atoms with Crippen LogP contribution in [0.1, 0.15) is 67.4 Å². The van der Waals surface area contributed by atoms with Crippen LogP contribution in [0.3, 0.4) is 0 Å². The van der Waals surface area contributed by atoms with Gasteiger partial charge < -0.3 is 10.1 Å². The number of ether oxygens (including phenoxy) is 1. The Labute approximate surface area is 196 Å². The summed E-state index contributed by atoms with van der Waals surface area (Å²) in [6, 6.07) is 10.9. The van der Waals surface area contributed by atoms with Crippen LogP contribution in [-0.2, 0) is 17.8 Å². The zero-order chi connectivity index (χ0) is 23.5. The van der Waals surface area contributed by atoms with Gasteiger partial charge in [0.15, 0.2) is 5.65 Å². The molecular weight excluding hydrogens is 414 g/mol. The molecule has 7 nitrogen and oxygen atoms in total. The summed E-state index contributed by atoms with van der Waals surface area (Å²) in [4.78, 5) is 19.5. The van der Waals surface area contributed by atoms with Crippen LogP contribution in [-0.4, -0.2) is 45.1 Å². The first-order chi connectivity index (χ1) is 15.9. The number of hydrogen-bond acceptors (Lipinski definition) is 5. The Hall–Kier alpha value is -2.93. The molecule has 0 bridgehead atoms. The summed E-state index contributed by atoms with van der Waals surface area (Å²) >= 11 is 0. The zero-order valence-corrected chi connectivity index (χ0v) is 20.4. The van der Waals surface area contributed by atoms with Crippen molar-refractivity contribution in [3.63, 3.8) is 0 Å². The Bertz CT molecular complexity index is 1120. The van der Waals surface area contributed by atoms with Crippen LogP contribution < -0.4 is 10.1 Å². The fourth-order valence-electron chi connectivity index (χ4n) is 4.82. The fourth-order valence-corrected chi connectivity index (χ4v) is 4.82. The molecule has 1 N–H and O–H groups in total. The quantitative estimate of drug-likeness (QED) is 0.559. The predicted octanol–water partition coefficient (Wildman–Crippen LogP) is 4.15. The van der Waals surface area contributed by atoms with Crippen LogP contribution >= 0.6 is 0 Å². The van der Waals surface area contributed by atoms with Crippen molar-refractivity contribution < 1.29 is 9.53 Å². The maximum Gasteiger partial charge on any atom is 0.220 e. The Balaban J connectivity index is 1.54. The lowest BCUT2D eigenvalue weighted by molar-refractivity contribution is -0.121. The first-order valence-corrected chi connectivity index (χ1v) is 11.9. The number of likely N-dealkylation sites (tertiary alicyclic amines) is 1. The second-order valence-electron chi connectivity index (χ2n) is 9.30. The van der Waals surface area contributed by atoms with Gasteiger partial charge in [-0.05, 0) is 76.8 Å². The van der Waals surface area contributed by atoms with E-state index in [2.05, 4.69) is 35.3 Å². The molecule has 2 aromatic heterocycles. The lowest BCUT2D eigenvalue weighted by atomic mass is 10.1. The van der Waals surface area contributed by atoms with Gasteiger partial charge in [0.25, 0.3) is 0 Å². The van der Waals surface area contributed by atoms with Crippen molar-refractivity contribution in [2.24, 2.45) is 0 Å². The van der Waals surface area contributed by atoms with Gasteiger partial charge in [0.05, 0.1) is 18.8 Å². The Morgan fingerprint density at radius 2 is 2.00 bits per heavy atom. The number of nitrogens with one attached hydrogen (secondary N) is 1. The SMILES string of the molecule is COc1ccc(CN2CCC[C@@H]2c2cc3nc(C)c(CCC(=O)NC(C)C)c(C)n3n2)cc1. The van der Waals surface area contributed by atoms with E-state index in [9.17, 15) is 4.79 Å². The average Bonchev–Trinajstić information content (AvgIpc) is 3.40. The molecular formula is C26H35N5O2. The number of fused-ring (bicyclic) bond motifs is 1. The van der Waals surface area contributed by atoms with E-state index >= 15 is 0 Å². The zero-order valence-electron chi connectivity index (χ0n) is 20.4. The maximum absolute atomic E-state index is 12.1. The highest BCUT2D eigenvalue weighted by Crippen LogP contribution is 2.33. The first kappa shape index (κ1) is 23.2. The number of methoxy groups -OCH3 is 1. The van der Waals surface area contributed by atoms with E-state index in [4.69, 9.17) is 14.8 Å². The van der Waals surface area contributed by atoms with Crippen LogP contribution in [0.4, 0.5) is 0 Å². The molecule has 1 aliphatic heterocycles. The molecule has 7 heteroatoms. The van der Waals surface area contributed by atoms with E-state index in [0.717, 1.165) is 60.0 Å². The van der Waals surface area contributed by atoms with Gasteiger partial charge in [-0.15, -0.1) is 0 Å². The molecule has 0 saturated carbocycles. The molecule has 176 valence electrons. The second-order valence-corrected chi connectivity index (χ2v) is 9.30. The van der Waals surface area contributed by atoms with Gasteiger partial charge in [0.1, 0.15) is 5.75 Å². The average molecular weight is 450 g/mol. The minimum Gasteiger partial charge on any atom is -0.497 e. The molecule has 1 aromatic carbocycles. The second kappa shape index (κ2) is 9.91. The first-order valence-electron chi connectivity index (χ1n) is 11.9. The molecule has 1 amide bonds. The third-order valence-electron chi connectivity index (χ3n) is 6.48. The molecule has 1 fully saturated rings. The molecule has 4 rings (SSSR count). The van der Waals surface area contributed by atoms with Crippen LogP contribution in [0.2, 0.25) is 0 Å². The predicted molar refractivity (Wildman–Crippen MR) is 129 cm³/mol.